The number of aryl methyl sites for hydroxylation is 2. The number of hydrogen-bond acceptors (Lipinski definition) is 3. The Kier molecular flexibility index (Phi) is 4.72. The number of hydrogen-bond donors (Lipinski definition) is 1. The number of carbonyl (C=O) groups is 2. The lowest BCUT2D eigenvalue weighted by Crippen LogP contribution is -2.34. The first-order valence-electron chi connectivity index (χ1n) is 9.70. The third kappa shape index (κ3) is 3.61. The van der Waals surface area contributed by atoms with E-state index in [1.54, 1.807) is 4.68 Å². The van der Waals surface area contributed by atoms with Gasteiger partial charge in [0.1, 0.15) is 0 Å². The topological polar surface area (TPSA) is 67.2 Å². The van der Waals surface area contributed by atoms with E-state index in [1.807, 2.05) is 49.2 Å². The van der Waals surface area contributed by atoms with Crippen LogP contribution in [0.15, 0.2) is 30.3 Å². The standard InChI is InChI=1S/C21H26N4O2/c1-14-11-19(23-24(14)2)22-20(26)16-9-7-15(8-10-16)12-25-13-17-5-3-4-6-18(17)21(25)27/h3-6,11,15-16H,7-10,12-13H2,1-2H3,(H,22,23,26). The smallest absolute Gasteiger partial charge is 0.254 e. The van der Waals surface area contributed by atoms with Crippen molar-refractivity contribution in [1.82, 2.24) is 14.7 Å². The van der Waals surface area contributed by atoms with E-state index in [9.17, 15) is 9.59 Å². The molecule has 1 aromatic heterocycles. The van der Waals surface area contributed by atoms with E-state index in [-0.39, 0.29) is 17.7 Å². The quantitative estimate of drug-likeness (QED) is 0.904. The molecule has 0 atom stereocenters. The number of benzene rings is 1. The SMILES string of the molecule is Cc1cc(NC(=O)C2CCC(CN3Cc4ccccc4C3=O)CC2)nn1C. The zero-order chi connectivity index (χ0) is 19.0. The lowest BCUT2D eigenvalue weighted by atomic mass is 9.81. The Morgan fingerprint density at radius 2 is 1.96 bits per heavy atom. The van der Waals surface area contributed by atoms with Gasteiger partial charge in [0.25, 0.3) is 5.91 Å². The van der Waals surface area contributed by atoms with Crippen molar-refractivity contribution in [3.05, 3.63) is 47.2 Å². The molecule has 0 spiro atoms. The summed E-state index contributed by atoms with van der Waals surface area (Å²) in [6.45, 7) is 3.47. The predicted molar refractivity (Wildman–Crippen MR) is 103 cm³/mol. The van der Waals surface area contributed by atoms with Gasteiger partial charge in [-0.1, -0.05) is 18.2 Å². The fraction of sp³-hybridized carbons (Fsp3) is 0.476. The summed E-state index contributed by atoms with van der Waals surface area (Å²) < 4.78 is 1.76. The summed E-state index contributed by atoms with van der Waals surface area (Å²) in [7, 11) is 1.87. The second-order valence-corrected chi connectivity index (χ2v) is 7.84. The molecule has 1 fully saturated rings. The predicted octanol–water partition coefficient (Wildman–Crippen LogP) is 3.13. The van der Waals surface area contributed by atoms with Crippen LogP contribution in [-0.2, 0) is 18.4 Å². The van der Waals surface area contributed by atoms with Crippen LogP contribution >= 0.6 is 0 Å². The normalized spacial score (nSPS) is 22.0. The molecule has 0 unspecified atom stereocenters. The molecule has 6 nitrogen and oxygen atoms in total. The van der Waals surface area contributed by atoms with Crippen molar-refractivity contribution >= 4 is 17.6 Å². The number of aromatic nitrogens is 2. The van der Waals surface area contributed by atoms with E-state index >= 15 is 0 Å². The molecular weight excluding hydrogens is 340 g/mol. The molecule has 2 heterocycles. The van der Waals surface area contributed by atoms with Crippen LogP contribution in [0.25, 0.3) is 0 Å². The minimum atomic E-state index is 0.0371. The van der Waals surface area contributed by atoms with Crippen molar-refractivity contribution in [2.75, 3.05) is 11.9 Å². The number of rotatable bonds is 4. The van der Waals surface area contributed by atoms with Crippen LogP contribution in [0.2, 0.25) is 0 Å². The van der Waals surface area contributed by atoms with E-state index < -0.39 is 0 Å². The molecule has 1 saturated carbocycles. The van der Waals surface area contributed by atoms with Gasteiger partial charge >= 0.3 is 0 Å². The molecule has 0 bridgehead atoms. The second kappa shape index (κ2) is 7.18. The van der Waals surface area contributed by atoms with Crippen molar-refractivity contribution in [3.63, 3.8) is 0 Å². The van der Waals surface area contributed by atoms with Gasteiger partial charge < -0.3 is 10.2 Å². The first-order valence-corrected chi connectivity index (χ1v) is 9.70. The summed E-state index contributed by atoms with van der Waals surface area (Å²) in [5, 5.41) is 7.24. The highest BCUT2D eigenvalue weighted by Crippen LogP contribution is 2.32. The molecule has 1 N–H and O–H groups in total. The highest BCUT2D eigenvalue weighted by Gasteiger charge is 2.32. The van der Waals surface area contributed by atoms with Crippen LogP contribution < -0.4 is 5.32 Å². The van der Waals surface area contributed by atoms with E-state index in [2.05, 4.69) is 10.4 Å². The maximum absolute atomic E-state index is 12.5. The van der Waals surface area contributed by atoms with E-state index in [0.29, 0.717) is 18.3 Å². The molecule has 4 rings (SSSR count). The van der Waals surface area contributed by atoms with Gasteiger partial charge in [0.05, 0.1) is 0 Å². The average Bonchev–Trinajstić information content (AvgIpc) is 3.15. The average molecular weight is 366 g/mol. The number of nitrogens with zero attached hydrogens (tertiary/aromatic N) is 3. The minimum absolute atomic E-state index is 0.0371. The number of carbonyl (C=O) groups excluding carboxylic acids is 2. The molecule has 1 aliphatic carbocycles. The maximum Gasteiger partial charge on any atom is 0.254 e. The first kappa shape index (κ1) is 17.8. The van der Waals surface area contributed by atoms with E-state index in [0.717, 1.165) is 49.0 Å². The van der Waals surface area contributed by atoms with Gasteiger partial charge in [-0.05, 0) is 50.2 Å². The third-order valence-electron chi connectivity index (χ3n) is 5.96. The highest BCUT2D eigenvalue weighted by atomic mass is 16.2. The van der Waals surface area contributed by atoms with Gasteiger partial charge in [0.15, 0.2) is 5.82 Å². The van der Waals surface area contributed by atoms with Crippen LogP contribution in [-0.4, -0.2) is 33.0 Å². The van der Waals surface area contributed by atoms with Crippen LogP contribution in [0.4, 0.5) is 5.82 Å². The van der Waals surface area contributed by atoms with Crippen molar-refractivity contribution in [1.29, 1.82) is 0 Å². The van der Waals surface area contributed by atoms with Crippen LogP contribution in [0.1, 0.15) is 47.3 Å². The molecule has 2 aromatic rings. The Labute approximate surface area is 159 Å². The molecular formula is C21H26N4O2. The molecule has 1 aromatic carbocycles. The molecule has 2 aliphatic rings. The minimum Gasteiger partial charge on any atom is -0.334 e. The van der Waals surface area contributed by atoms with Gasteiger partial charge in [0, 0.05) is 43.4 Å². The highest BCUT2D eigenvalue weighted by molar-refractivity contribution is 5.98. The zero-order valence-corrected chi connectivity index (χ0v) is 15.9. The van der Waals surface area contributed by atoms with Crippen molar-refractivity contribution in [2.45, 2.75) is 39.2 Å². The Morgan fingerprint density at radius 3 is 2.63 bits per heavy atom. The Bertz CT molecular complexity index is 845. The maximum atomic E-state index is 12.5. The van der Waals surface area contributed by atoms with Crippen molar-refractivity contribution in [3.8, 4) is 0 Å². The van der Waals surface area contributed by atoms with Gasteiger partial charge in [-0.25, -0.2) is 0 Å². The van der Waals surface area contributed by atoms with Crippen LogP contribution in [0.5, 0.6) is 0 Å². The first-order chi connectivity index (χ1) is 13.0. The second-order valence-electron chi connectivity index (χ2n) is 7.84. The van der Waals surface area contributed by atoms with Gasteiger partial charge in [0.2, 0.25) is 5.91 Å². The molecule has 0 saturated heterocycles. The largest absolute Gasteiger partial charge is 0.334 e. The molecule has 1 aliphatic heterocycles. The fourth-order valence-corrected chi connectivity index (χ4v) is 4.23. The van der Waals surface area contributed by atoms with Crippen molar-refractivity contribution < 1.29 is 9.59 Å². The Balaban J connectivity index is 1.28. The van der Waals surface area contributed by atoms with Gasteiger partial charge in [-0.15, -0.1) is 0 Å². The zero-order valence-electron chi connectivity index (χ0n) is 15.9. The lowest BCUT2D eigenvalue weighted by Gasteiger charge is -2.30. The Hall–Kier alpha value is -2.63. The monoisotopic (exact) mass is 366 g/mol. The fourth-order valence-electron chi connectivity index (χ4n) is 4.23. The molecule has 0 radical (unpaired) electrons. The summed E-state index contributed by atoms with van der Waals surface area (Å²) in [6.07, 6.45) is 3.72. The van der Waals surface area contributed by atoms with Gasteiger partial charge in [-0.3, -0.25) is 14.3 Å². The molecule has 2 amide bonds. The number of nitrogens with one attached hydrogen (secondary N) is 1. The molecule has 6 heteroatoms. The van der Waals surface area contributed by atoms with E-state index in [4.69, 9.17) is 0 Å². The summed E-state index contributed by atoms with van der Waals surface area (Å²) in [5.74, 6) is 1.36. The summed E-state index contributed by atoms with van der Waals surface area (Å²) in [4.78, 5) is 27.0. The molecule has 27 heavy (non-hydrogen) atoms. The number of anilines is 1. The lowest BCUT2D eigenvalue weighted by molar-refractivity contribution is -0.121. The summed E-state index contributed by atoms with van der Waals surface area (Å²) >= 11 is 0. The van der Waals surface area contributed by atoms with Crippen LogP contribution in [0.3, 0.4) is 0 Å². The summed E-state index contributed by atoms with van der Waals surface area (Å²) in [6, 6.07) is 9.75. The van der Waals surface area contributed by atoms with Crippen LogP contribution in [0, 0.1) is 18.8 Å². The van der Waals surface area contributed by atoms with Gasteiger partial charge in [-0.2, -0.15) is 5.10 Å². The molecule has 142 valence electrons. The van der Waals surface area contributed by atoms with Crippen molar-refractivity contribution in [2.24, 2.45) is 18.9 Å². The number of amides is 2. The van der Waals surface area contributed by atoms with E-state index in [1.165, 1.54) is 0 Å². The third-order valence-corrected chi connectivity index (χ3v) is 5.96. The number of fused-ring (bicyclic) bond motifs is 1. The summed E-state index contributed by atoms with van der Waals surface area (Å²) in [5.41, 5.74) is 2.99. The Morgan fingerprint density at radius 1 is 1.22 bits per heavy atom.